The van der Waals surface area contributed by atoms with Gasteiger partial charge in [0.2, 0.25) is 0 Å². The highest BCUT2D eigenvalue weighted by molar-refractivity contribution is 6.08. The van der Waals surface area contributed by atoms with E-state index in [4.69, 9.17) is 0 Å². The van der Waals surface area contributed by atoms with E-state index in [1.54, 1.807) is 23.6 Å². The van der Waals surface area contributed by atoms with Gasteiger partial charge in [-0.15, -0.1) is 0 Å². The van der Waals surface area contributed by atoms with E-state index in [0.717, 1.165) is 45.2 Å². The number of halogens is 2. The van der Waals surface area contributed by atoms with Crippen LogP contribution < -0.4 is 10.9 Å². The van der Waals surface area contributed by atoms with Crippen LogP contribution in [0, 0.1) is 24.5 Å². The fourth-order valence-corrected chi connectivity index (χ4v) is 5.78. The lowest BCUT2D eigenvalue weighted by molar-refractivity contribution is 0.0931. The first-order valence-corrected chi connectivity index (χ1v) is 13.0. The first kappa shape index (κ1) is 24.6. The van der Waals surface area contributed by atoms with Gasteiger partial charge in [-0.25, -0.2) is 8.78 Å². The molecule has 1 N–H and O–H groups in total. The predicted molar refractivity (Wildman–Crippen MR) is 137 cm³/mol. The topological polar surface area (TPSA) is 54.3 Å². The van der Waals surface area contributed by atoms with Crippen molar-refractivity contribution in [2.75, 3.05) is 13.1 Å². The Labute approximate surface area is 210 Å². The highest BCUT2D eigenvalue weighted by Crippen LogP contribution is 2.41. The van der Waals surface area contributed by atoms with Gasteiger partial charge in [0.05, 0.1) is 17.0 Å². The molecule has 0 bridgehead atoms. The van der Waals surface area contributed by atoms with Crippen molar-refractivity contribution in [3.05, 3.63) is 81.3 Å². The Morgan fingerprint density at radius 1 is 1.14 bits per heavy atom. The maximum absolute atomic E-state index is 15.0. The Hall–Kier alpha value is -3.06. The lowest BCUT2D eigenvalue weighted by Gasteiger charge is -2.27. The summed E-state index contributed by atoms with van der Waals surface area (Å²) in [5.41, 5.74) is 1.16. The monoisotopic (exact) mass is 493 g/mol. The van der Waals surface area contributed by atoms with Crippen LogP contribution in [0.2, 0.25) is 0 Å². The van der Waals surface area contributed by atoms with Crippen molar-refractivity contribution in [3.63, 3.8) is 0 Å². The number of carbonyl (C=O) groups excluding carboxylic acids is 1. The van der Waals surface area contributed by atoms with Gasteiger partial charge in [-0.2, -0.15) is 0 Å². The molecule has 5 nitrogen and oxygen atoms in total. The highest BCUT2D eigenvalue weighted by atomic mass is 19.1. The molecule has 36 heavy (non-hydrogen) atoms. The molecule has 3 aromatic rings. The number of hydrogen-bond donors (Lipinski definition) is 1. The summed E-state index contributed by atoms with van der Waals surface area (Å²) in [5.74, 6) is -1.11. The number of hydrogen-bond acceptors (Lipinski definition) is 3. The SMILES string of the molecule is CCCN1CCC[C@H]1Cn1c(C)c(C(=O)N[C@H](c2cccc(F)c2)C2CC2)c2cccc(F)c2c1=O. The molecule has 1 saturated carbocycles. The van der Waals surface area contributed by atoms with Crippen molar-refractivity contribution in [2.45, 2.75) is 64.6 Å². The van der Waals surface area contributed by atoms with Crippen molar-refractivity contribution in [1.29, 1.82) is 0 Å². The molecule has 2 fully saturated rings. The third-order valence-corrected chi connectivity index (χ3v) is 7.73. The number of amides is 1. The molecule has 1 aromatic heterocycles. The van der Waals surface area contributed by atoms with Gasteiger partial charge in [0.15, 0.2) is 0 Å². The van der Waals surface area contributed by atoms with Gasteiger partial charge in [0.1, 0.15) is 11.6 Å². The number of benzene rings is 2. The number of pyridine rings is 1. The Morgan fingerprint density at radius 3 is 2.64 bits per heavy atom. The summed E-state index contributed by atoms with van der Waals surface area (Å²) in [6.07, 6.45) is 4.94. The largest absolute Gasteiger partial charge is 0.345 e. The zero-order valence-electron chi connectivity index (χ0n) is 20.9. The van der Waals surface area contributed by atoms with Gasteiger partial charge in [0, 0.05) is 23.7 Å². The Balaban J connectivity index is 1.57. The van der Waals surface area contributed by atoms with E-state index in [2.05, 4.69) is 17.1 Å². The fraction of sp³-hybridized carbons (Fsp3) is 0.448. The molecule has 2 aliphatic rings. The zero-order chi connectivity index (χ0) is 25.4. The Kier molecular flexibility index (Phi) is 6.93. The quantitative estimate of drug-likeness (QED) is 0.461. The summed E-state index contributed by atoms with van der Waals surface area (Å²) in [7, 11) is 0. The average molecular weight is 494 g/mol. The van der Waals surface area contributed by atoms with Crippen LogP contribution in [0.3, 0.4) is 0 Å². The summed E-state index contributed by atoms with van der Waals surface area (Å²) in [4.78, 5) is 29.7. The second kappa shape index (κ2) is 10.1. The van der Waals surface area contributed by atoms with E-state index >= 15 is 4.39 Å². The first-order valence-electron chi connectivity index (χ1n) is 13.0. The number of rotatable bonds is 8. The minimum Gasteiger partial charge on any atom is -0.345 e. The van der Waals surface area contributed by atoms with Crippen molar-refractivity contribution >= 4 is 16.7 Å². The van der Waals surface area contributed by atoms with Crippen LogP contribution in [0.5, 0.6) is 0 Å². The predicted octanol–water partition coefficient (Wildman–Crippen LogP) is 5.34. The number of likely N-dealkylation sites (tertiary alicyclic amines) is 1. The minimum atomic E-state index is -0.624. The summed E-state index contributed by atoms with van der Waals surface area (Å²) in [6.45, 7) is 6.26. The molecule has 1 aliphatic heterocycles. The molecule has 0 spiro atoms. The molecule has 1 amide bonds. The standard InChI is InChI=1S/C29H33F2N3O2/c1-3-14-33-15-6-9-22(33)17-34-18(2)25(23-10-5-11-24(31)26(23)29(34)36)28(35)32-27(19-12-13-19)20-7-4-8-21(30)16-20/h4-5,7-8,10-11,16,19,22,27H,3,6,9,12-15,17H2,1-2H3,(H,32,35)/t22-,27-/m0/s1. The van der Waals surface area contributed by atoms with Crippen molar-refractivity contribution in [3.8, 4) is 0 Å². The molecule has 0 unspecified atom stereocenters. The van der Waals surface area contributed by atoms with Crippen LogP contribution in [-0.2, 0) is 6.54 Å². The van der Waals surface area contributed by atoms with Crippen LogP contribution in [0.4, 0.5) is 8.78 Å². The second-order valence-corrected chi connectivity index (χ2v) is 10.2. The molecular formula is C29H33F2N3O2. The smallest absolute Gasteiger partial charge is 0.261 e. The van der Waals surface area contributed by atoms with Crippen LogP contribution in [0.1, 0.15) is 66.7 Å². The number of fused-ring (bicyclic) bond motifs is 1. The third-order valence-electron chi connectivity index (χ3n) is 7.73. The summed E-state index contributed by atoms with van der Waals surface area (Å²) in [5, 5.41) is 3.37. The van der Waals surface area contributed by atoms with E-state index in [1.165, 1.54) is 24.3 Å². The number of aromatic nitrogens is 1. The Morgan fingerprint density at radius 2 is 1.92 bits per heavy atom. The molecule has 1 aliphatic carbocycles. The van der Waals surface area contributed by atoms with Crippen LogP contribution in [0.25, 0.3) is 10.8 Å². The molecule has 190 valence electrons. The van der Waals surface area contributed by atoms with Crippen LogP contribution in [-0.4, -0.2) is 34.5 Å². The molecule has 2 atom stereocenters. The van der Waals surface area contributed by atoms with Crippen molar-refractivity contribution in [2.24, 2.45) is 5.92 Å². The number of carbonyl (C=O) groups is 1. The maximum atomic E-state index is 15.0. The summed E-state index contributed by atoms with van der Waals surface area (Å²) >= 11 is 0. The van der Waals surface area contributed by atoms with Gasteiger partial charge < -0.3 is 9.88 Å². The van der Waals surface area contributed by atoms with Gasteiger partial charge >= 0.3 is 0 Å². The van der Waals surface area contributed by atoms with E-state index in [1.807, 2.05) is 6.07 Å². The lowest BCUT2D eigenvalue weighted by atomic mass is 9.99. The zero-order valence-corrected chi connectivity index (χ0v) is 20.9. The normalized spacial score (nSPS) is 19.1. The van der Waals surface area contributed by atoms with Gasteiger partial charge in [-0.1, -0.05) is 31.2 Å². The summed E-state index contributed by atoms with van der Waals surface area (Å²) < 4.78 is 30.6. The molecule has 1 saturated heterocycles. The third kappa shape index (κ3) is 4.69. The second-order valence-electron chi connectivity index (χ2n) is 10.2. The first-order chi connectivity index (χ1) is 17.4. The maximum Gasteiger partial charge on any atom is 0.261 e. The van der Waals surface area contributed by atoms with E-state index in [9.17, 15) is 14.0 Å². The highest BCUT2D eigenvalue weighted by Gasteiger charge is 2.35. The average Bonchev–Trinajstić information content (AvgIpc) is 3.60. The van der Waals surface area contributed by atoms with E-state index in [-0.39, 0.29) is 35.1 Å². The van der Waals surface area contributed by atoms with E-state index < -0.39 is 11.4 Å². The van der Waals surface area contributed by atoms with Crippen LogP contribution >= 0.6 is 0 Å². The molecular weight excluding hydrogens is 460 g/mol. The van der Waals surface area contributed by atoms with Crippen molar-refractivity contribution in [1.82, 2.24) is 14.8 Å². The van der Waals surface area contributed by atoms with Gasteiger partial charge in [0.25, 0.3) is 11.5 Å². The molecule has 5 rings (SSSR count). The van der Waals surface area contributed by atoms with Crippen LogP contribution in [0.15, 0.2) is 47.3 Å². The minimum absolute atomic E-state index is 0.0537. The molecule has 2 aromatic carbocycles. The molecule has 7 heteroatoms. The lowest BCUT2D eigenvalue weighted by Crippen LogP contribution is -2.39. The fourth-order valence-electron chi connectivity index (χ4n) is 5.78. The number of nitrogens with zero attached hydrogens (tertiary/aromatic N) is 2. The number of nitrogens with one attached hydrogen (secondary N) is 1. The van der Waals surface area contributed by atoms with Gasteiger partial charge in [-0.05, 0) is 81.8 Å². The van der Waals surface area contributed by atoms with E-state index in [0.29, 0.717) is 28.8 Å². The van der Waals surface area contributed by atoms with Crippen molar-refractivity contribution < 1.29 is 13.6 Å². The van der Waals surface area contributed by atoms with Gasteiger partial charge in [-0.3, -0.25) is 14.5 Å². The Bertz CT molecular complexity index is 1350. The molecule has 0 radical (unpaired) electrons. The molecule has 2 heterocycles. The summed E-state index contributed by atoms with van der Waals surface area (Å²) in [6, 6.07) is 10.6.